The van der Waals surface area contributed by atoms with Gasteiger partial charge in [0.1, 0.15) is 0 Å². The summed E-state index contributed by atoms with van der Waals surface area (Å²) in [5, 5.41) is 12.5. The summed E-state index contributed by atoms with van der Waals surface area (Å²) < 4.78 is 1.46. The van der Waals surface area contributed by atoms with Crippen molar-refractivity contribution in [1.29, 1.82) is 0 Å². The lowest BCUT2D eigenvalue weighted by Gasteiger charge is -2.12. The van der Waals surface area contributed by atoms with Crippen LogP contribution in [0.1, 0.15) is 5.56 Å². The predicted octanol–water partition coefficient (Wildman–Crippen LogP) is 2.90. The number of anilines is 1. The summed E-state index contributed by atoms with van der Waals surface area (Å²) >= 11 is 1.38. The highest BCUT2D eigenvalue weighted by Crippen LogP contribution is 2.21. The first kappa shape index (κ1) is 16.0. The van der Waals surface area contributed by atoms with Crippen LogP contribution in [0.3, 0.4) is 0 Å². The number of rotatable bonds is 3. The monoisotopic (exact) mass is 342 g/mol. The number of hydrogen-bond acceptors (Lipinski definition) is 5. The Kier molecular flexibility index (Phi) is 4.22. The molecule has 24 heavy (non-hydrogen) atoms. The lowest BCUT2D eigenvalue weighted by molar-refractivity contribution is 0.210. The number of nitrogens with one attached hydrogen (secondary N) is 1. The highest BCUT2D eigenvalue weighted by atomic mass is 32.2. The molecule has 0 aliphatic rings. The minimum absolute atomic E-state index is 0.238. The van der Waals surface area contributed by atoms with Crippen molar-refractivity contribution in [3.8, 4) is 5.69 Å². The number of nitrogens with zero attached hydrogens (tertiary/aromatic N) is 3. The zero-order valence-corrected chi connectivity index (χ0v) is 13.8. The quantitative estimate of drug-likeness (QED) is 0.561. The van der Waals surface area contributed by atoms with E-state index in [2.05, 4.69) is 15.3 Å². The van der Waals surface area contributed by atoms with E-state index in [1.807, 2.05) is 13.2 Å². The first-order valence-electron chi connectivity index (χ1n) is 7.03. The molecule has 1 aromatic carbocycles. The summed E-state index contributed by atoms with van der Waals surface area (Å²) in [7, 11) is 0. The zero-order chi connectivity index (χ0) is 17.3. The van der Waals surface area contributed by atoms with Gasteiger partial charge in [0.05, 0.1) is 5.69 Å². The Morgan fingerprint density at radius 2 is 2.12 bits per heavy atom. The lowest BCUT2D eigenvalue weighted by atomic mass is 10.2. The fourth-order valence-electron chi connectivity index (χ4n) is 2.43. The van der Waals surface area contributed by atoms with E-state index in [1.54, 1.807) is 30.5 Å². The van der Waals surface area contributed by atoms with Crippen LogP contribution in [0.2, 0.25) is 0 Å². The molecule has 3 rings (SSSR count). The molecule has 2 N–H and O–H groups in total. The molecule has 2 heterocycles. The van der Waals surface area contributed by atoms with Crippen LogP contribution in [0.25, 0.3) is 16.7 Å². The van der Waals surface area contributed by atoms with Gasteiger partial charge in [-0.05, 0) is 36.9 Å². The second-order valence-corrected chi connectivity index (χ2v) is 5.85. The molecule has 0 bridgehead atoms. The van der Waals surface area contributed by atoms with Crippen LogP contribution in [0.4, 0.5) is 10.5 Å². The van der Waals surface area contributed by atoms with E-state index in [4.69, 9.17) is 5.11 Å². The minimum Gasteiger partial charge on any atom is -0.465 e. The molecular weight excluding hydrogens is 328 g/mol. The highest BCUT2D eigenvalue weighted by Gasteiger charge is 2.12. The molecule has 0 saturated heterocycles. The van der Waals surface area contributed by atoms with Crippen LogP contribution in [0.15, 0.2) is 46.5 Å². The largest absolute Gasteiger partial charge is 0.465 e. The van der Waals surface area contributed by atoms with Crippen molar-refractivity contribution in [2.45, 2.75) is 12.1 Å². The molecule has 0 unspecified atom stereocenters. The van der Waals surface area contributed by atoms with E-state index in [1.165, 1.54) is 22.4 Å². The van der Waals surface area contributed by atoms with Crippen molar-refractivity contribution in [1.82, 2.24) is 14.5 Å². The molecule has 0 saturated carbocycles. The second kappa shape index (κ2) is 6.32. The molecule has 8 heteroatoms. The normalized spacial score (nSPS) is 10.8. The van der Waals surface area contributed by atoms with Crippen LogP contribution in [0, 0.1) is 6.92 Å². The molecule has 0 fully saturated rings. The maximum atomic E-state index is 12.5. The van der Waals surface area contributed by atoms with Crippen LogP contribution in [-0.2, 0) is 0 Å². The average Bonchev–Trinajstić information content (AvgIpc) is 2.54. The molecule has 122 valence electrons. The molecule has 0 radical (unpaired) electrons. The van der Waals surface area contributed by atoms with Crippen molar-refractivity contribution in [3.63, 3.8) is 0 Å². The number of carboxylic acid groups (broad SMARTS) is 1. The van der Waals surface area contributed by atoms with Gasteiger partial charge in [-0.3, -0.25) is 14.7 Å². The van der Waals surface area contributed by atoms with Crippen LogP contribution in [0.5, 0.6) is 0 Å². The fraction of sp³-hybridized carbons (Fsp3) is 0.125. The zero-order valence-electron chi connectivity index (χ0n) is 13.0. The number of fused-ring (bicyclic) bond motifs is 1. The second-order valence-electron chi connectivity index (χ2n) is 5.08. The van der Waals surface area contributed by atoms with Crippen LogP contribution < -0.4 is 10.9 Å². The van der Waals surface area contributed by atoms with Gasteiger partial charge in [0.2, 0.25) is 0 Å². The Bertz CT molecular complexity index is 1000. The molecule has 3 aromatic rings. The molecule has 0 spiro atoms. The summed E-state index contributed by atoms with van der Waals surface area (Å²) in [6.07, 6.45) is 2.38. The number of amides is 1. The topological polar surface area (TPSA) is 97.1 Å². The van der Waals surface area contributed by atoms with Crippen molar-refractivity contribution >= 4 is 34.6 Å². The third-order valence-electron chi connectivity index (χ3n) is 3.48. The Morgan fingerprint density at radius 1 is 1.33 bits per heavy atom. The number of carbonyl (C=O) groups is 1. The molecule has 0 aliphatic heterocycles. The number of thioether (sulfide) groups is 1. The van der Waals surface area contributed by atoms with Gasteiger partial charge in [0, 0.05) is 23.3 Å². The van der Waals surface area contributed by atoms with E-state index in [9.17, 15) is 9.59 Å². The Hall–Kier alpha value is -2.87. The first-order chi connectivity index (χ1) is 11.5. The Labute approximate surface area is 141 Å². The average molecular weight is 342 g/mol. The summed E-state index contributed by atoms with van der Waals surface area (Å²) in [6.45, 7) is 1.83. The van der Waals surface area contributed by atoms with Gasteiger partial charge in [0.25, 0.3) is 5.56 Å². The molecule has 0 atom stereocenters. The van der Waals surface area contributed by atoms with Gasteiger partial charge < -0.3 is 5.11 Å². The van der Waals surface area contributed by atoms with E-state index in [0.29, 0.717) is 22.2 Å². The molecule has 1 amide bonds. The molecule has 7 nitrogen and oxygen atoms in total. The van der Waals surface area contributed by atoms with E-state index in [0.717, 1.165) is 10.9 Å². The first-order valence-corrected chi connectivity index (χ1v) is 8.26. The van der Waals surface area contributed by atoms with Gasteiger partial charge >= 0.3 is 6.09 Å². The van der Waals surface area contributed by atoms with Crippen molar-refractivity contribution in [3.05, 3.63) is 52.4 Å². The maximum Gasteiger partial charge on any atom is 0.409 e. The van der Waals surface area contributed by atoms with Crippen molar-refractivity contribution < 1.29 is 9.90 Å². The number of benzene rings is 1. The fourth-order valence-corrected chi connectivity index (χ4v) is 2.77. The van der Waals surface area contributed by atoms with Gasteiger partial charge in [-0.1, -0.05) is 17.8 Å². The van der Waals surface area contributed by atoms with E-state index in [-0.39, 0.29) is 5.56 Å². The summed E-state index contributed by atoms with van der Waals surface area (Å²) in [4.78, 5) is 32.1. The standard InChI is InChI=1S/C16H14N4O3S/c1-9-6-13(21)20(14-12(9)8-17-15(19-14)24-2)11-5-3-4-10(7-11)18-16(22)23/h3-8,18H,1-2H3,(H,22,23). The van der Waals surface area contributed by atoms with Crippen LogP contribution in [-0.4, -0.2) is 32.0 Å². The third-order valence-corrected chi connectivity index (χ3v) is 4.04. The molecule has 0 aliphatic carbocycles. The lowest BCUT2D eigenvalue weighted by Crippen LogP contribution is -2.20. The summed E-state index contributed by atoms with van der Waals surface area (Å²) in [5.74, 6) is 0. The maximum absolute atomic E-state index is 12.5. The summed E-state index contributed by atoms with van der Waals surface area (Å²) in [6, 6.07) is 8.12. The third kappa shape index (κ3) is 2.95. The van der Waals surface area contributed by atoms with Gasteiger partial charge in [-0.25, -0.2) is 14.8 Å². The number of aryl methyl sites for hydroxylation is 1. The van der Waals surface area contributed by atoms with Gasteiger partial charge in [-0.2, -0.15) is 0 Å². The van der Waals surface area contributed by atoms with E-state index >= 15 is 0 Å². The van der Waals surface area contributed by atoms with Gasteiger partial charge in [0.15, 0.2) is 10.8 Å². The van der Waals surface area contributed by atoms with Crippen LogP contribution >= 0.6 is 11.8 Å². The Morgan fingerprint density at radius 3 is 2.83 bits per heavy atom. The molecule has 2 aromatic heterocycles. The smallest absolute Gasteiger partial charge is 0.409 e. The number of pyridine rings is 1. The number of aromatic nitrogens is 3. The summed E-state index contributed by atoms with van der Waals surface area (Å²) in [5.41, 5.74) is 1.95. The minimum atomic E-state index is -1.17. The Balaban J connectivity index is 2.29. The predicted molar refractivity (Wildman–Crippen MR) is 93.3 cm³/mol. The van der Waals surface area contributed by atoms with E-state index < -0.39 is 6.09 Å². The SMILES string of the molecule is CSc1ncc2c(C)cc(=O)n(-c3cccc(NC(=O)O)c3)c2n1. The van der Waals surface area contributed by atoms with Crippen molar-refractivity contribution in [2.75, 3.05) is 11.6 Å². The molecular formula is C16H14N4O3S. The number of hydrogen-bond donors (Lipinski definition) is 2. The highest BCUT2D eigenvalue weighted by molar-refractivity contribution is 7.98. The van der Waals surface area contributed by atoms with Crippen molar-refractivity contribution in [2.24, 2.45) is 0 Å². The van der Waals surface area contributed by atoms with Gasteiger partial charge in [-0.15, -0.1) is 0 Å².